The van der Waals surface area contributed by atoms with Crippen molar-refractivity contribution in [2.45, 2.75) is 28.2 Å². The molecule has 1 aromatic carbocycles. The predicted octanol–water partition coefficient (Wildman–Crippen LogP) is 3.54. The van der Waals surface area contributed by atoms with Crippen LogP contribution in [-0.4, -0.2) is 48.5 Å². The first-order valence-electron chi connectivity index (χ1n) is 8.78. The van der Waals surface area contributed by atoms with E-state index in [0.29, 0.717) is 11.3 Å². The number of nitrogen functional groups attached to an aromatic ring is 1. The summed E-state index contributed by atoms with van der Waals surface area (Å²) in [6.07, 6.45) is 6.39. The van der Waals surface area contributed by atoms with Gasteiger partial charge in [-0.15, -0.1) is 0 Å². The molecule has 4 rings (SSSR count). The molecule has 28 heavy (non-hydrogen) atoms. The molecule has 3 N–H and O–H groups in total. The minimum absolute atomic E-state index is 0.398. The van der Waals surface area contributed by atoms with Gasteiger partial charge in [-0.2, -0.15) is 0 Å². The van der Waals surface area contributed by atoms with E-state index in [-0.39, 0.29) is 0 Å². The number of fused-ring (bicyclic) bond motifs is 1. The third-order valence-corrected chi connectivity index (χ3v) is 6.08. The normalized spacial score (nSPS) is 11.2. The van der Waals surface area contributed by atoms with Crippen LogP contribution in [0.5, 0.6) is 5.75 Å². The van der Waals surface area contributed by atoms with Crippen LogP contribution in [0, 0.1) is 0 Å². The molecular formula is C19H19AsN6OS. The fourth-order valence-corrected chi connectivity index (χ4v) is 4.37. The maximum absolute atomic E-state index is 6.05. The van der Waals surface area contributed by atoms with Crippen molar-refractivity contribution in [1.29, 1.82) is 0 Å². The number of nitrogens with two attached hydrogens (primary N) is 1. The molecule has 7 nitrogen and oxygen atoms in total. The zero-order valence-corrected chi connectivity index (χ0v) is 18.0. The van der Waals surface area contributed by atoms with E-state index in [0.717, 1.165) is 50.7 Å². The molecule has 3 heterocycles. The van der Waals surface area contributed by atoms with Gasteiger partial charge < -0.3 is 0 Å². The van der Waals surface area contributed by atoms with Crippen molar-refractivity contribution in [3.63, 3.8) is 0 Å². The molecule has 9 heteroatoms. The van der Waals surface area contributed by atoms with Gasteiger partial charge >= 0.3 is 176 Å². The third kappa shape index (κ3) is 3.62. The van der Waals surface area contributed by atoms with E-state index < -0.39 is 0 Å². The molecule has 0 saturated carbocycles. The molecule has 0 aliphatic rings. The van der Waals surface area contributed by atoms with E-state index in [1.165, 1.54) is 6.33 Å². The molecule has 0 bridgehead atoms. The Kier molecular flexibility index (Phi) is 5.59. The Hall–Kier alpha value is -2.44. The summed E-state index contributed by atoms with van der Waals surface area (Å²) in [5.41, 5.74) is 9.67. The predicted molar refractivity (Wildman–Crippen MR) is 112 cm³/mol. The Labute approximate surface area is 175 Å². The van der Waals surface area contributed by atoms with Crippen molar-refractivity contribution >= 4 is 45.6 Å². The van der Waals surface area contributed by atoms with Gasteiger partial charge in [0.2, 0.25) is 0 Å². The summed E-state index contributed by atoms with van der Waals surface area (Å²) in [4.78, 5) is 17.4. The molecule has 0 fully saturated rings. The van der Waals surface area contributed by atoms with Crippen LogP contribution in [0.1, 0.15) is 6.42 Å². The number of nitrogens with zero attached hydrogens (tertiary/aromatic N) is 4. The molecule has 0 amide bonds. The van der Waals surface area contributed by atoms with Crippen molar-refractivity contribution < 1.29 is 4.74 Å². The van der Waals surface area contributed by atoms with Crippen LogP contribution < -0.4 is 10.5 Å². The van der Waals surface area contributed by atoms with Crippen LogP contribution in [0.15, 0.2) is 53.0 Å². The van der Waals surface area contributed by atoms with Crippen molar-refractivity contribution in [1.82, 2.24) is 24.5 Å². The first kappa shape index (κ1) is 18.9. The summed E-state index contributed by atoms with van der Waals surface area (Å²) in [5.74, 6) is 1.20. The second kappa shape index (κ2) is 8.29. The number of benzene rings is 1. The number of ether oxygens (including phenoxy) is 1. The van der Waals surface area contributed by atoms with Gasteiger partial charge in [0.25, 0.3) is 0 Å². The SMILES string of the molecule is COc1ccc(-c2cc[nH]c2)c(Sc2nc3c(N)ncnc3n2CCC[As])c1. The van der Waals surface area contributed by atoms with Gasteiger partial charge in [-0.05, 0) is 0 Å². The van der Waals surface area contributed by atoms with Gasteiger partial charge in [0.1, 0.15) is 0 Å². The number of rotatable bonds is 7. The Bertz CT molecular complexity index is 1100. The Balaban J connectivity index is 1.82. The molecule has 0 aliphatic carbocycles. The quantitative estimate of drug-likeness (QED) is 0.415. The van der Waals surface area contributed by atoms with E-state index in [4.69, 9.17) is 15.5 Å². The molecule has 0 unspecified atom stereocenters. The number of hydrogen-bond donors (Lipinski definition) is 2. The number of methoxy groups -OCH3 is 1. The molecule has 0 aliphatic heterocycles. The number of anilines is 1. The van der Waals surface area contributed by atoms with Crippen molar-refractivity contribution in [2.75, 3.05) is 12.8 Å². The van der Waals surface area contributed by atoms with E-state index in [2.05, 4.69) is 42.4 Å². The number of hydrogen-bond acceptors (Lipinski definition) is 6. The summed E-state index contributed by atoms with van der Waals surface area (Å²) < 4.78 is 7.56. The van der Waals surface area contributed by atoms with Gasteiger partial charge in [0.15, 0.2) is 0 Å². The molecular weight excluding hydrogens is 435 g/mol. The van der Waals surface area contributed by atoms with Crippen LogP contribution in [0.25, 0.3) is 22.3 Å². The standard InChI is InChI=1S/C19H19AsN6OS/c1-27-13-3-4-14(12-5-7-22-10-12)15(9-13)28-19-25-16-17(21)23-11-24-18(16)26(19)8-2-6-20/h3-5,7,9-11,22H,2,6,8H2,1H3,(H2,21,23,24). The number of nitrogens with one attached hydrogen (secondary N) is 1. The Morgan fingerprint density at radius 1 is 1.29 bits per heavy atom. The molecule has 3 aromatic heterocycles. The average Bonchev–Trinajstić information content (AvgIpc) is 3.35. The first-order valence-corrected chi connectivity index (χ1v) is 10.9. The average molecular weight is 454 g/mol. The number of H-pyrrole nitrogens is 1. The fraction of sp³-hybridized carbons (Fsp3) is 0.211. The molecule has 4 aromatic rings. The monoisotopic (exact) mass is 454 g/mol. The van der Waals surface area contributed by atoms with Crippen molar-refractivity contribution in [2.24, 2.45) is 0 Å². The van der Waals surface area contributed by atoms with Gasteiger partial charge in [-0.25, -0.2) is 0 Å². The van der Waals surface area contributed by atoms with Gasteiger partial charge in [-0.1, -0.05) is 0 Å². The summed E-state index contributed by atoms with van der Waals surface area (Å²) in [6.45, 7) is 0.813. The van der Waals surface area contributed by atoms with E-state index in [1.54, 1.807) is 18.9 Å². The number of aromatic amines is 1. The van der Waals surface area contributed by atoms with Crippen LogP contribution in [0.2, 0.25) is 5.21 Å². The van der Waals surface area contributed by atoms with Crippen LogP contribution in [0.4, 0.5) is 5.82 Å². The van der Waals surface area contributed by atoms with E-state index in [9.17, 15) is 0 Å². The molecule has 142 valence electrons. The summed E-state index contributed by atoms with van der Waals surface area (Å²) in [7, 11) is 1.67. The summed E-state index contributed by atoms with van der Waals surface area (Å²) in [6, 6.07) is 8.11. The Morgan fingerprint density at radius 3 is 2.93 bits per heavy atom. The van der Waals surface area contributed by atoms with Crippen molar-refractivity contribution in [3.05, 3.63) is 43.0 Å². The van der Waals surface area contributed by atoms with Crippen LogP contribution in [-0.2, 0) is 6.54 Å². The maximum atomic E-state index is 6.05. The second-order valence-corrected chi connectivity index (χ2v) is 8.07. The number of aromatic nitrogens is 5. The zero-order chi connectivity index (χ0) is 19.5. The van der Waals surface area contributed by atoms with Gasteiger partial charge in [0, 0.05) is 0 Å². The zero-order valence-electron chi connectivity index (χ0n) is 15.3. The number of imidazole rings is 1. The molecule has 0 spiro atoms. The van der Waals surface area contributed by atoms with Crippen LogP contribution in [0.3, 0.4) is 0 Å². The van der Waals surface area contributed by atoms with E-state index in [1.807, 2.05) is 30.6 Å². The fourth-order valence-electron chi connectivity index (χ4n) is 2.98. The summed E-state index contributed by atoms with van der Waals surface area (Å²) in [5, 5.41) is 1.86. The second-order valence-electron chi connectivity index (χ2n) is 6.12. The summed E-state index contributed by atoms with van der Waals surface area (Å²) >= 11 is 4.20. The van der Waals surface area contributed by atoms with Crippen LogP contribution >= 0.6 is 11.8 Å². The molecule has 2 radical (unpaired) electrons. The first-order chi connectivity index (χ1) is 13.7. The van der Waals surface area contributed by atoms with E-state index >= 15 is 0 Å². The molecule has 0 atom stereocenters. The topological polar surface area (TPSA) is 94.6 Å². The third-order valence-electron chi connectivity index (χ3n) is 4.36. The van der Waals surface area contributed by atoms with Crippen molar-refractivity contribution in [3.8, 4) is 16.9 Å². The number of aryl methyl sites for hydroxylation is 1. The van der Waals surface area contributed by atoms with Gasteiger partial charge in [-0.3, -0.25) is 0 Å². The molecule has 0 saturated heterocycles. The Morgan fingerprint density at radius 2 is 2.18 bits per heavy atom. The van der Waals surface area contributed by atoms with Gasteiger partial charge in [0.05, 0.1) is 0 Å². The minimum atomic E-state index is 0.398.